The smallest absolute Gasteiger partial charge is 0.295 e. The van der Waals surface area contributed by atoms with E-state index in [2.05, 4.69) is 0 Å². The molecule has 0 aromatic heterocycles. The number of Topliss-reactive ketones (excluding diaryl/α,β-unsaturated/α-hetero) is 1. The third kappa shape index (κ3) is 3.97. The lowest BCUT2D eigenvalue weighted by Crippen LogP contribution is -3.05. The molecule has 0 unspecified atom stereocenters. The molecule has 1 fully saturated rings. The molecule has 0 aliphatic carbocycles. The molecule has 1 heterocycles. The highest BCUT2D eigenvalue weighted by molar-refractivity contribution is 6.46. The molecular weight excluding hydrogens is 359 g/mol. The molecule has 0 radical (unpaired) electrons. The maximum absolute atomic E-state index is 13.2. The van der Waals surface area contributed by atoms with Crippen LogP contribution in [0.1, 0.15) is 23.6 Å². The van der Waals surface area contributed by atoms with E-state index < -0.39 is 23.5 Å². The topological polar surface area (TPSA) is 62.0 Å². The van der Waals surface area contributed by atoms with Gasteiger partial charge in [-0.1, -0.05) is 30.3 Å². The number of hydrogen-bond acceptors (Lipinski definition) is 3. The van der Waals surface area contributed by atoms with E-state index in [1.54, 1.807) is 0 Å². The van der Waals surface area contributed by atoms with Crippen LogP contribution in [0, 0.1) is 5.82 Å². The number of benzene rings is 2. The molecule has 0 saturated carbocycles. The number of ketones is 1. The molecule has 0 bridgehead atoms. The Morgan fingerprint density at radius 1 is 1.07 bits per heavy atom. The number of hydrogen-bond donors (Lipinski definition) is 2. The Labute approximate surface area is 163 Å². The minimum Gasteiger partial charge on any atom is -0.507 e. The van der Waals surface area contributed by atoms with Crippen LogP contribution in [-0.4, -0.2) is 48.9 Å². The highest BCUT2D eigenvalue weighted by Crippen LogP contribution is 2.39. The molecule has 6 heteroatoms. The van der Waals surface area contributed by atoms with E-state index in [1.807, 2.05) is 44.4 Å². The lowest BCUT2D eigenvalue weighted by Gasteiger charge is -2.25. The quantitative estimate of drug-likeness (QED) is 0.454. The number of quaternary nitrogens is 1. The van der Waals surface area contributed by atoms with E-state index in [1.165, 1.54) is 34.1 Å². The summed E-state index contributed by atoms with van der Waals surface area (Å²) in [5.41, 5.74) is 1.10. The third-order valence-electron chi connectivity index (χ3n) is 4.85. The minimum absolute atomic E-state index is 0.0417. The van der Waals surface area contributed by atoms with E-state index in [4.69, 9.17) is 0 Å². The largest absolute Gasteiger partial charge is 0.507 e. The van der Waals surface area contributed by atoms with Crippen molar-refractivity contribution in [2.45, 2.75) is 12.5 Å². The van der Waals surface area contributed by atoms with Crippen molar-refractivity contribution in [3.8, 4) is 0 Å². The van der Waals surface area contributed by atoms with Crippen molar-refractivity contribution >= 4 is 17.4 Å². The normalized spacial score (nSPS) is 18.9. The molecule has 0 spiro atoms. The van der Waals surface area contributed by atoms with Crippen molar-refractivity contribution in [1.82, 2.24) is 4.90 Å². The number of carbonyl (C=O) groups is 2. The van der Waals surface area contributed by atoms with Gasteiger partial charge in [0, 0.05) is 18.5 Å². The Kier molecular flexibility index (Phi) is 5.90. The Bertz CT molecular complexity index is 892. The van der Waals surface area contributed by atoms with Gasteiger partial charge in [0.1, 0.15) is 11.6 Å². The van der Waals surface area contributed by atoms with Crippen LogP contribution in [0.15, 0.2) is 60.2 Å². The number of nitrogens with zero attached hydrogens (tertiary/aromatic N) is 1. The van der Waals surface area contributed by atoms with Gasteiger partial charge in [-0.25, -0.2) is 4.39 Å². The monoisotopic (exact) mass is 383 g/mol. The van der Waals surface area contributed by atoms with Gasteiger partial charge in [-0.15, -0.1) is 0 Å². The van der Waals surface area contributed by atoms with Crippen molar-refractivity contribution in [2.75, 3.05) is 27.2 Å². The summed E-state index contributed by atoms with van der Waals surface area (Å²) < 4.78 is 13.2. The van der Waals surface area contributed by atoms with Crippen molar-refractivity contribution in [3.05, 3.63) is 77.1 Å². The third-order valence-corrected chi connectivity index (χ3v) is 4.85. The summed E-state index contributed by atoms with van der Waals surface area (Å²) in [7, 11) is 4.05. The number of carbonyl (C=O) groups excluding carboxylic acids is 2. The van der Waals surface area contributed by atoms with Crippen LogP contribution in [0.3, 0.4) is 0 Å². The van der Waals surface area contributed by atoms with Gasteiger partial charge in [0.25, 0.3) is 11.7 Å². The molecule has 2 aromatic rings. The number of aliphatic hydroxyl groups is 1. The van der Waals surface area contributed by atoms with Gasteiger partial charge < -0.3 is 14.9 Å². The van der Waals surface area contributed by atoms with E-state index in [0.29, 0.717) is 12.1 Å². The number of amides is 1. The zero-order valence-corrected chi connectivity index (χ0v) is 16.0. The number of likely N-dealkylation sites (tertiary alicyclic amines) is 1. The molecule has 1 amide bonds. The highest BCUT2D eigenvalue weighted by Gasteiger charge is 2.45. The molecule has 146 valence electrons. The molecule has 1 atom stereocenters. The predicted octanol–water partition coefficient (Wildman–Crippen LogP) is 1.78. The maximum Gasteiger partial charge on any atom is 0.295 e. The second-order valence-corrected chi connectivity index (χ2v) is 7.22. The molecule has 2 aromatic carbocycles. The minimum atomic E-state index is -0.715. The molecule has 1 aliphatic rings. The summed E-state index contributed by atoms with van der Waals surface area (Å²) >= 11 is 0. The summed E-state index contributed by atoms with van der Waals surface area (Å²) in [6.07, 6.45) is 0.731. The van der Waals surface area contributed by atoms with Crippen LogP contribution in [0.5, 0.6) is 0 Å². The molecule has 1 saturated heterocycles. The number of aliphatic hydroxyl groups excluding tert-OH is 1. The van der Waals surface area contributed by atoms with Crippen molar-refractivity contribution < 1.29 is 24.0 Å². The van der Waals surface area contributed by atoms with Crippen LogP contribution in [-0.2, 0) is 9.59 Å². The van der Waals surface area contributed by atoms with Gasteiger partial charge in [0.05, 0.1) is 32.3 Å². The average molecular weight is 383 g/mol. The second-order valence-electron chi connectivity index (χ2n) is 7.22. The highest BCUT2D eigenvalue weighted by atomic mass is 19.1. The first-order valence-electron chi connectivity index (χ1n) is 9.28. The van der Waals surface area contributed by atoms with E-state index >= 15 is 0 Å². The second kappa shape index (κ2) is 8.35. The van der Waals surface area contributed by atoms with Crippen LogP contribution in [0.25, 0.3) is 5.76 Å². The van der Waals surface area contributed by atoms with Gasteiger partial charge in [-0.2, -0.15) is 0 Å². The Morgan fingerprint density at radius 2 is 1.71 bits per heavy atom. The van der Waals surface area contributed by atoms with Crippen LogP contribution in [0.4, 0.5) is 4.39 Å². The van der Waals surface area contributed by atoms with Crippen molar-refractivity contribution in [1.29, 1.82) is 0 Å². The van der Waals surface area contributed by atoms with Gasteiger partial charge >= 0.3 is 0 Å². The number of halogens is 1. The van der Waals surface area contributed by atoms with E-state index in [9.17, 15) is 19.1 Å². The Morgan fingerprint density at radius 3 is 2.32 bits per heavy atom. The lowest BCUT2D eigenvalue weighted by molar-refractivity contribution is -0.858. The molecular formula is C22H24FN2O3+. The average Bonchev–Trinajstić information content (AvgIpc) is 2.93. The van der Waals surface area contributed by atoms with Crippen molar-refractivity contribution in [2.24, 2.45) is 0 Å². The molecule has 1 aliphatic heterocycles. The van der Waals surface area contributed by atoms with Gasteiger partial charge in [-0.3, -0.25) is 9.59 Å². The van der Waals surface area contributed by atoms with Gasteiger partial charge in [0.2, 0.25) is 0 Å². The summed E-state index contributed by atoms with van der Waals surface area (Å²) in [6.45, 7) is 1.26. The Balaban J connectivity index is 2.06. The summed E-state index contributed by atoms with van der Waals surface area (Å²) in [5, 5.41) is 10.8. The zero-order chi connectivity index (χ0) is 20.3. The fraction of sp³-hybridized carbons (Fsp3) is 0.273. The Hall–Kier alpha value is -2.99. The van der Waals surface area contributed by atoms with Crippen LogP contribution in [0.2, 0.25) is 0 Å². The fourth-order valence-electron chi connectivity index (χ4n) is 3.46. The first kappa shape index (κ1) is 19.8. The molecule has 28 heavy (non-hydrogen) atoms. The zero-order valence-electron chi connectivity index (χ0n) is 16.0. The summed E-state index contributed by atoms with van der Waals surface area (Å²) in [6, 6.07) is 13.7. The molecule has 2 N–H and O–H groups in total. The maximum atomic E-state index is 13.2. The van der Waals surface area contributed by atoms with E-state index in [-0.39, 0.29) is 11.3 Å². The van der Waals surface area contributed by atoms with Crippen LogP contribution < -0.4 is 4.90 Å². The number of nitrogens with one attached hydrogen (secondary N) is 1. The number of rotatable bonds is 6. The standard InChI is InChI=1S/C22H23FN2O3/c1-24(2)13-6-14-25-19(15-7-4-3-5-8-15)18(21(27)22(25)28)20(26)16-9-11-17(23)12-10-16/h3-5,7-12,19,26H,6,13-14H2,1-2H3/p+1/t19-/m0/s1. The van der Waals surface area contributed by atoms with E-state index in [0.717, 1.165) is 18.5 Å². The van der Waals surface area contributed by atoms with Crippen molar-refractivity contribution in [3.63, 3.8) is 0 Å². The SMILES string of the molecule is C[NH+](C)CCCN1C(=O)C(=O)C(=C(O)c2ccc(F)cc2)[C@@H]1c1ccccc1. The van der Waals surface area contributed by atoms with Gasteiger partial charge in [0.15, 0.2) is 0 Å². The first-order valence-corrected chi connectivity index (χ1v) is 9.28. The molecule has 3 rings (SSSR count). The fourth-order valence-corrected chi connectivity index (χ4v) is 3.46. The van der Waals surface area contributed by atoms with Gasteiger partial charge in [-0.05, 0) is 29.8 Å². The predicted molar refractivity (Wildman–Crippen MR) is 104 cm³/mol. The first-order chi connectivity index (χ1) is 13.4. The summed E-state index contributed by atoms with van der Waals surface area (Å²) in [4.78, 5) is 28.3. The molecule has 5 nitrogen and oxygen atoms in total. The van der Waals surface area contributed by atoms with Crippen LogP contribution >= 0.6 is 0 Å². The lowest BCUT2D eigenvalue weighted by atomic mass is 9.95. The summed E-state index contributed by atoms with van der Waals surface area (Å²) in [5.74, 6) is -2.06.